The lowest BCUT2D eigenvalue weighted by Gasteiger charge is -2.19. The summed E-state index contributed by atoms with van der Waals surface area (Å²) in [6, 6.07) is 0. The summed E-state index contributed by atoms with van der Waals surface area (Å²) in [7, 11) is 0. The maximum absolute atomic E-state index is 12.1. The highest BCUT2D eigenvalue weighted by Crippen LogP contribution is 2.42. The summed E-state index contributed by atoms with van der Waals surface area (Å²) in [4.78, 5) is 12.1. The molecule has 0 amide bonds. The summed E-state index contributed by atoms with van der Waals surface area (Å²) in [6.07, 6.45) is 9.42. The first-order valence-corrected chi connectivity index (χ1v) is 7.61. The molecule has 2 aliphatic rings. The second kappa shape index (κ2) is 6.08. The normalized spacial score (nSPS) is 33.6. The van der Waals surface area contributed by atoms with Gasteiger partial charge in [0.25, 0.3) is 0 Å². The number of fused-ring (bicyclic) bond motifs is 2. The third-order valence-corrected chi connectivity index (χ3v) is 4.37. The Balaban J connectivity index is 1.77. The standard InChI is InChI=1S/C16H26O3/c1-4-6-7-12(5-2)11-18-15(17)13-10-16(3)9-8-14(13)19-16/h8-9,12-14H,4-7,10-11H2,1-3H3. The van der Waals surface area contributed by atoms with E-state index in [-0.39, 0.29) is 23.6 Å². The molecule has 2 heterocycles. The van der Waals surface area contributed by atoms with Crippen molar-refractivity contribution in [2.75, 3.05) is 6.61 Å². The van der Waals surface area contributed by atoms with Crippen molar-refractivity contribution in [1.82, 2.24) is 0 Å². The van der Waals surface area contributed by atoms with E-state index in [0.29, 0.717) is 12.5 Å². The smallest absolute Gasteiger partial charge is 0.312 e. The third kappa shape index (κ3) is 3.38. The van der Waals surface area contributed by atoms with E-state index < -0.39 is 0 Å². The lowest BCUT2D eigenvalue weighted by molar-refractivity contribution is -0.151. The molecule has 4 atom stereocenters. The van der Waals surface area contributed by atoms with Crippen molar-refractivity contribution in [3.05, 3.63) is 12.2 Å². The molecule has 1 saturated heterocycles. The van der Waals surface area contributed by atoms with Crippen LogP contribution in [0.4, 0.5) is 0 Å². The Bertz CT molecular complexity index is 350. The molecule has 3 nitrogen and oxygen atoms in total. The van der Waals surface area contributed by atoms with Gasteiger partial charge >= 0.3 is 5.97 Å². The van der Waals surface area contributed by atoms with E-state index in [1.165, 1.54) is 12.8 Å². The summed E-state index contributed by atoms with van der Waals surface area (Å²) in [5.74, 6) is 0.334. The minimum atomic E-state index is -0.235. The second-order valence-electron chi connectivity index (χ2n) is 6.11. The average Bonchev–Trinajstić information content (AvgIpc) is 2.94. The molecule has 0 aliphatic carbocycles. The van der Waals surface area contributed by atoms with Gasteiger partial charge in [-0.3, -0.25) is 4.79 Å². The average molecular weight is 266 g/mol. The monoisotopic (exact) mass is 266 g/mol. The predicted molar refractivity (Wildman–Crippen MR) is 74.8 cm³/mol. The minimum absolute atomic E-state index is 0.0618. The molecule has 2 aliphatic heterocycles. The van der Waals surface area contributed by atoms with Gasteiger partial charge in [0.05, 0.1) is 24.2 Å². The number of carbonyl (C=O) groups is 1. The molecule has 0 N–H and O–H groups in total. The van der Waals surface area contributed by atoms with E-state index in [1.54, 1.807) is 0 Å². The van der Waals surface area contributed by atoms with Crippen LogP contribution in [0.25, 0.3) is 0 Å². The molecule has 1 fully saturated rings. The molecule has 0 aromatic heterocycles. The van der Waals surface area contributed by atoms with Crippen molar-refractivity contribution in [3.8, 4) is 0 Å². The first-order valence-electron chi connectivity index (χ1n) is 7.61. The third-order valence-electron chi connectivity index (χ3n) is 4.37. The highest BCUT2D eigenvalue weighted by molar-refractivity contribution is 5.74. The molecule has 0 saturated carbocycles. The van der Waals surface area contributed by atoms with E-state index in [2.05, 4.69) is 19.9 Å². The van der Waals surface area contributed by atoms with E-state index >= 15 is 0 Å². The Kier molecular flexibility index (Phi) is 4.67. The first-order chi connectivity index (χ1) is 9.08. The van der Waals surface area contributed by atoms with E-state index in [1.807, 2.05) is 13.0 Å². The van der Waals surface area contributed by atoms with Gasteiger partial charge in [-0.05, 0) is 25.7 Å². The number of unbranched alkanes of at least 4 members (excludes halogenated alkanes) is 1. The predicted octanol–water partition coefficient (Wildman–Crippen LogP) is 3.48. The van der Waals surface area contributed by atoms with E-state index in [9.17, 15) is 4.79 Å². The highest BCUT2D eigenvalue weighted by atomic mass is 16.5. The van der Waals surface area contributed by atoms with Crippen LogP contribution in [-0.2, 0) is 14.3 Å². The molecular weight excluding hydrogens is 240 g/mol. The summed E-state index contributed by atoms with van der Waals surface area (Å²) >= 11 is 0. The molecule has 0 radical (unpaired) electrons. The Morgan fingerprint density at radius 3 is 2.84 bits per heavy atom. The van der Waals surface area contributed by atoms with Crippen LogP contribution in [0.2, 0.25) is 0 Å². The van der Waals surface area contributed by atoms with Gasteiger partial charge in [-0.1, -0.05) is 45.3 Å². The number of hydrogen-bond donors (Lipinski definition) is 0. The van der Waals surface area contributed by atoms with Crippen molar-refractivity contribution in [1.29, 1.82) is 0 Å². The SMILES string of the molecule is CCCCC(CC)COC(=O)C1CC2(C)C=CC1O2. The fourth-order valence-corrected chi connectivity index (χ4v) is 3.00. The summed E-state index contributed by atoms with van der Waals surface area (Å²) in [5, 5.41) is 0. The van der Waals surface area contributed by atoms with E-state index in [0.717, 1.165) is 19.3 Å². The molecular formula is C16H26O3. The minimum Gasteiger partial charge on any atom is -0.465 e. The number of rotatable bonds is 7. The maximum Gasteiger partial charge on any atom is 0.312 e. The molecule has 0 aromatic carbocycles. The van der Waals surface area contributed by atoms with Crippen LogP contribution in [0.15, 0.2) is 12.2 Å². The van der Waals surface area contributed by atoms with Gasteiger partial charge in [-0.15, -0.1) is 0 Å². The van der Waals surface area contributed by atoms with Crippen LogP contribution in [0.5, 0.6) is 0 Å². The number of carbonyl (C=O) groups excluding carboxylic acids is 1. The fraction of sp³-hybridized carbons (Fsp3) is 0.812. The summed E-state index contributed by atoms with van der Waals surface area (Å²) < 4.78 is 11.3. The summed E-state index contributed by atoms with van der Waals surface area (Å²) in [6.45, 7) is 6.96. The van der Waals surface area contributed by atoms with Crippen molar-refractivity contribution in [2.24, 2.45) is 11.8 Å². The van der Waals surface area contributed by atoms with Gasteiger partial charge in [-0.2, -0.15) is 0 Å². The number of ether oxygens (including phenoxy) is 2. The van der Waals surface area contributed by atoms with Crippen LogP contribution in [0, 0.1) is 11.8 Å². The van der Waals surface area contributed by atoms with Crippen molar-refractivity contribution >= 4 is 5.97 Å². The molecule has 19 heavy (non-hydrogen) atoms. The maximum atomic E-state index is 12.1. The van der Waals surface area contributed by atoms with Gasteiger partial charge in [0, 0.05) is 0 Å². The van der Waals surface area contributed by atoms with Gasteiger partial charge in [0.1, 0.15) is 0 Å². The largest absolute Gasteiger partial charge is 0.465 e. The van der Waals surface area contributed by atoms with Crippen molar-refractivity contribution in [3.63, 3.8) is 0 Å². The Morgan fingerprint density at radius 2 is 2.32 bits per heavy atom. The molecule has 0 spiro atoms. The van der Waals surface area contributed by atoms with E-state index in [4.69, 9.17) is 9.47 Å². The highest BCUT2D eigenvalue weighted by Gasteiger charge is 2.48. The van der Waals surface area contributed by atoms with Gasteiger partial charge in [0.2, 0.25) is 0 Å². The molecule has 108 valence electrons. The fourth-order valence-electron chi connectivity index (χ4n) is 3.00. The van der Waals surface area contributed by atoms with Crippen LogP contribution >= 0.6 is 0 Å². The number of esters is 1. The Labute approximate surface area is 116 Å². The first kappa shape index (κ1) is 14.6. The zero-order valence-corrected chi connectivity index (χ0v) is 12.4. The quantitative estimate of drug-likeness (QED) is 0.523. The zero-order chi connectivity index (χ0) is 13.9. The molecule has 4 unspecified atom stereocenters. The summed E-state index contributed by atoms with van der Waals surface area (Å²) in [5.41, 5.74) is -0.235. The Hall–Kier alpha value is -0.830. The lowest BCUT2D eigenvalue weighted by Crippen LogP contribution is -2.28. The molecule has 2 rings (SSSR count). The number of hydrogen-bond acceptors (Lipinski definition) is 3. The van der Waals surface area contributed by atoms with Gasteiger partial charge < -0.3 is 9.47 Å². The van der Waals surface area contributed by atoms with Crippen LogP contribution < -0.4 is 0 Å². The van der Waals surface area contributed by atoms with Crippen molar-refractivity contribution < 1.29 is 14.3 Å². The van der Waals surface area contributed by atoms with Crippen molar-refractivity contribution in [2.45, 2.75) is 64.6 Å². The Morgan fingerprint density at radius 1 is 1.53 bits per heavy atom. The van der Waals surface area contributed by atoms with Gasteiger partial charge in [-0.25, -0.2) is 0 Å². The van der Waals surface area contributed by atoms with Crippen LogP contribution in [0.3, 0.4) is 0 Å². The van der Waals surface area contributed by atoms with Crippen LogP contribution in [-0.4, -0.2) is 24.3 Å². The molecule has 2 bridgehead atoms. The van der Waals surface area contributed by atoms with Gasteiger partial charge in [0.15, 0.2) is 0 Å². The second-order valence-corrected chi connectivity index (χ2v) is 6.11. The zero-order valence-electron chi connectivity index (χ0n) is 12.4. The lowest BCUT2D eigenvalue weighted by atomic mass is 9.88. The molecule has 0 aromatic rings. The van der Waals surface area contributed by atoms with Crippen LogP contribution in [0.1, 0.15) is 52.9 Å². The molecule has 3 heteroatoms. The topological polar surface area (TPSA) is 35.5 Å².